The molecule has 3 nitrogen and oxygen atoms in total. The number of hydrogen-bond donors (Lipinski definition) is 0. The van der Waals surface area contributed by atoms with Gasteiger partial charge >= 0.3 is 0 Å². The molecule has 3 heteroatoms. The number of ether oxygens (including phenoxy) is 1. The summed E-state index contributed by atoms with van der Waals surface area (Å²) in [4.78, 5) is 5.17. The van der Waals surface area contributed by atoms with Gasteiger partial charge in [0.15, 0.2) is 0 Å². The lowest BCUT2D eigenvalue weighted by Crippen LogP contribution is -2.42. The van der Waals surface area contributed by atoms with Crippen LogP contribution in [0.2, 0.25) is 0 Å². The van der Waals surface area contributed by atoms with Gasteiger partial charge in [0, 0.05) is 24.7 Å². The molecule has 94 valence electrons. The fourth-order valence-corrected chi connectivity index (χ4v) is 3.34. The van der Waals surface area contributed by atoms with E-state index >= 15 is 0 Å². The maximum Gasteiger partial charge on any atom is 0.0650 e. The van der Waals surface area contributed by atoms with Crippen LogP contribution in [-0.4, -0.2) is 61.3 Å². The van der Waals surface area contributed by atoms with Gasteiger partial charge in [-0.2, -0.15) is 0 Å². The highest BCUT2D eigenvalue weighted by atomic mass is 16.5. The van der Waals surface area contributed by atoms with Gasteiger partial charge < -0.3 is 9.64 Å². The molecule has 2 saturated heterocycles. The molecule has 2 aliphatic heterocycles. The Kier molecular flexibility index (Phi) is 3.88. The van der Waals surface area contributed by atoms with Crippen LogP contribution >= 0.6 is 0 Å². The summed E-state index contributed by atoms with van der Waals surface area (Å²) in [5.74, 6) is 0. The molecule has 0 saturated carbocycles. The van der Waals surface area contributed by atoms with Gasteiger partial charge in [-0.15, -0.1) is 0 Å². The number of fused-ring (bicyclic) bond motifs is 1. The lowest BCUT2D eigenvalue weighted by molar-refractivity contribution is 0.0412. The Hall–Kier alpha value is -0.120. The second-order valence-corrected chi connectivity index (χ2v) is 5.34. The first-order valence-electron chi connectivity index (χ1n) is 6.75. The average Bonchev–Trinajstić information content (AvgIpc) is 2.81. The molecule has 2 heterocycles. The summed E-state index contributed by atoms with van der Waals surface area (Å²) in [7, 11) is 2.25. The minimum Gasteiger partial charge on any atom is -0.380 e. The van der Waals surface area contributed by atoms with Crippen LogP contribution < -0.4 is 0 Å². The normalized spacial score (nSPS) is 34.9. The Bertz CT molecular complexity index is 234. The highest BCUT2D eigenvalue weighted by molar-refractivity contribution is 5.05. The van der Waals surface area contributed by atoms with Gasteiger partial charge in [0.05, 0.1) is 6.61 Å². The third-order valence-corrected chi connectivity index (χ3v) is 4.48. The summed E-state index contributed by atoms with van der Waals surface area (Å²) >= 11 is 0. The second-order valence-electron chi connectivity index (χ2n) is 5.34. The van der Waals surface area contributed by atoms with Crippen molar-refractivity contribution in [3.63, 3.8) is 0 Å². The lowest BCUT2D eigenvalue weighted by Gasteiger charge is -2.31. The Morgan fingerprint density at radius 1 is 1.44 bits per heavy atom. The van der Waals surface area contributed by atoms with Crippen LogP contribution in [-0.2, 0) is 4.74 Å². The summed E-state index contributed by atoms with van der Waals surface area (Å²) in [5, 5.41) is 0. The zero-order valence-corrected chi connectivity index (χ0v) is 11.0. The van der Waals surface area contributed by atoms with Crippen molar-refractivity contribution in [2.24, 2.45) is 0 Å². The number of nitrogens with zero attached hydrogens (tertiary/aromatic N) is 2. The zero-order chi connectivity index (χ0) is 11.6. The second kappa shape index (κ2) is 5.03. The molecule has 2 atom stereocenters. The molecule has 0 radical (unpaired) electrons. The van der Waals surface area contributed by atoms with E-state index in [1.807, 2.05) is 0 Å². The van der Waals surface area contributed by atoms with Gasteiger partial charge in [-0.3, -0.25) is 4.90 Å². The van der Waals surface area contributed by atoms with E-state index in [0.717, 1.165) is 25.8 Å². The summed E-state index contributed by atoms with van der Waals surface area (Å²) in [6, 6.07) is 0.741. The van der Waals surface area contributed by atoms with Gasteiger partial charge in [0.1, 0.15) is 0 Å². The molecular formula is C13H26N2O. The highest BCUT2D eigenvalue weighted by Crippen LogP contribution is 2.40. The Morgan fingerprint density at radius 3 is 2.94 bits per heavy atom. The Morgan fingerprint density at radius 2 is 2.25 bits per heavy atom. The average molecular weight is 226 g/mol. The fourth-order valence-electron chi connectivity index (χ4n) is 3.34. The van der Waals surface area contributed by atoms with Crippen LogP contribution in [0.4, 0.5) is 0 Å². The molecule has 0 aromatic carbocycles. The van der Waals surface area contributed by atoms with E-state index in [-0.39, 0.29) is 0 Å². The highest BCUT2D eigenvalue weighted by Gasteiger charge is 2.49. The maximum atomic E-state index is 5.72. The van der Waals surface area contributed by atoms with Crippen molar-refractivity contribution in [2.75, 3.05) is 39.9 Å². The van der Waals surface area contributed by atoms with Crippen molar-refractivity contribution in [2.45, 2.75) is 44.7 Å². The first-order valence-corrected chi connectivity index (χ1v) is 6.75. The summed E-state index contributed by atoms with van der Waals surface area (Å²) in [6.45, 7) is 9.82. The van der Waals surface area contributed by atoms with Crippen LogP contribution in [0.25, 0.3) is 0 Å². The molecule has 2 fully saturated rings. The molecular weight excluding hydrogens is 200 g/mol. The summed E-state index contributed by atoms with van der Waals surface area (Å²) < 4.78 is 5.72. The van der Waals surface area contributed by atoms with Crippen molar-refractivity contribution in [1.82, 2.24) is 9.80 Å². The first kappa shape index (κ1) is 12.3. The van der Waals surface area contributed by atoms with Crippen LogP contribution in [0.5, 0.6) is 0 Å². The van der Waals surface area contributed by atoms with Gasteiger partial charge in [-0.05, 0) is 46.3 Å². The Balaban J connectivity index is 2.00. The SMILES string of the molecule is CCOCC12CCCN1CC(N(C)CC)C2. The molecule has 0 N–H and O–H groups in total. The minimum atomic E-state index is 0.379. The van der Waals surface area contributed by atoms with Crippen molar-refractivity contribution in [1.29, 1.82) is 0 Å². The molecule has 2 aliphatic rings. The maximum absolute atomic E-state index is 5.72. The van der Waals surface area contributed by atoms with E-state index < -0.39 is 0 Å². The molecule has 0 amide bonds. The predicted octanol–water partition coefficient (Wildman–Crippen LogP) is 1.58. The van der Waals surface area contributed by atoms with E-state index in [1.54, 1.807) is 0 Å². The molecule has 0 spiro atoms. The van der Waals surface area contributed by atoms with Crippen LogP contribution in [0.1, 0.15) is 33.1 Å². The molecule has 2 rings (SSSR count). The topological polar surface area (TPSA) is 15.7 Å². The minimum absolute atomic E-state index is 0.379. The molecule has 2 unspecified atom stereocenters. The summed E-state index contributed by atoms with van der Waals surface area (Å²) in [5.41, 5.74) is 0.379. The summed E-state index contributed by atoms with van der Waals surface area (Å²) in [6.07, 6.45) is 3.99. The Labute approximate surface area is 99.7 Å². The lowest BCUT2D eigenvalue weighted by atomic mass is 9.93. The first-order chi connectivity index (χ1) is 7.72. The molecule has 0 aliphatic carbocycles. The van der Waals surface area contributed by atoms with E-state index in [4.69, 9.17) is 4.74 Å². The quantitative estimate of drug-likeness (QED) is 0.708. The fraction of sp³-hybridized carbons (Fsp3) is 1.00. The zero-order valence-electron chi connectivity index (χ0n) is 11.0. The van der Waals surface area contributed by atoms with E-state index in [2.05, 4.69) is 30.7 Å². The number of rotatable bonds is 5. The smallest absolute Gasteiger partial charge is 0.0650 e. The van der Waals surface area contributed by atoms with E-state index in [9.17, 15) is 0 Å². The monoisotopic (exact) mass is 226 g/mol. The number of likely N-dealkylation sites (N-methyl/N-ethyl adjacent to an activating group) is 1. The standard InChI is InChI=1S/C13H26N2O/c1-4-14(3)12-9-13(11-16-5-2)7-6-8-15(13)10-12/h12H,4-11H2,1-3H3. The van der Waals surface area contributed by atoms with Crippen LogP contribution in [0.15, 0.2) is 0 Å². The van der Waals surface area contributed by atoms with E-state index in [0.29, 0.717) is 5.54 Å². The molecule has 0 aromatic heterocycles. The number of hydrogen-bond acceptors (Lipinski definition) is 3. The van der Waals surface area contributed by atoms with Crippen molar-refractivity contribution in [3.8, 4) is 0 Å². The molecule has 16 heavy (non-hydrogen) atoms. The van der Waals surface area contributed by atoms with Crippen LogP contribution in [0.3, 0.4) is 0 Å². The third-order valence-electron chi connectivity index (χ3n) is 4.48. The van der Waals surface area contributed by atoms with Gasteiger partial charge in [-0.25, -0.2) is 0 Å². The largest absolute Gasteiger partial charge is 0.380 e. The van der Waals surface area contributed by atoms with Crippen molar-refractivity contribution < 1.29 is 4.74 Å². The van der Waals surface area contributed by atoms with Crippen LogP contribution in [0, 0.1) is 0 Å². The molecule has 0 bridgehead atoms. The predicted molar refractivity (Wildman–Crippen MR) is 66.7 cm³/mol. The van der Waals surface area contributed by atoms with Gasteiger partial charge in [0.2, 0.25) is 0 Å². The van der Waals surface area contributed by atoms with Gasteiger partial charge in [0.25, 0.3) is 0 Å². The van der Waals surface area contributed by atoms with Crippen molar-refractivity contribution in [3.05, 3.63) is 0 Å². The third kappa shape index (κ3) is 2.13. The van der Waals surface area contributed by atoms with E-state index in [1.165, 1.54) is 32.4 Å². The van der Waals surface area contributed by atoms with Crippen molar-refractivity contribution >= 4 is 0 Å². The van der Waals surface area contributed by atoms with Gasteiger partial charge in [-0.1, -0.05) is 6.92 Å². The molecule has 0 aromatic rings.